The molecule has 0 unspecified atom stereocenters. The maximum Gasteiger partial charge on any atom is 0.340 e. The van der Waals surface area contributed by atoms with Crippen LogP contribution in [0.3, 0.4) is 0 Å². The Bertz CT molecular complexity index is 966. The molecule has 0 aliphatic rings. The molecule has 0 aliphatic carbocycles. The summed E-state index contributed by atoms with van der Waals surface area (Å²) in [7, 11) is 1.60. The monoisotopic (exact) mass is 371 g/mol. The molecule has 0 saturated carbocycles. The van der Waals surface area contributed by atoms with Crippen LogP contribution in [0.2, 0.25) is 0 Å². The van der Waals surface area contributed by atoms with Gasteiger partial charge >= 0.3 is 5.97 Å². The lowest BCUT2D eigenvalue weighted by atomic mass is 10.2. The van der Waals surface area contributed by atoms with Gasteiger partial charge in [0.05, 0.1) is 11.8 Å². The number of ether oxygens (including phenoxy) is 1. The highest BCUT2D eigenvalue weighted by molar-refractivity contribution is 7.23. The normalized spacial score (nSPS) is 10.5. The number of carboxylic acids is 1. The molecule has 8 heteroatoms. The number of nitrogens with zero attached hydrogens (tertiary/aromatic N) is 1. The van der Waals surface area contributed by atoms with Crippen molar-refractivity contribution >= 4 is 44.2 Å². The van der Waals surface area contributed by atoms with E-state index in [9.17, 15) is 14.7 Å². The zero-order valence-corrected chi connectivity index (χ0v) is 15.0. The van der Waals surface area contributed by atoms with Gasteiger partial charge in [0.2, 0.25) is 5.91 Å². The fourth-order valence-corrected chi connectivity index (χ4v) is 3.51. The third kappa shape index (κ3) is 3.75. The van der Waals surface area contributed by atoms with Crippen LogP contribution in [0.25, 0.3) is 10.2 Å². The van der Waals surface area contributed by atoms with Gasteiger partial charge in [0.15, 0.2) is 0 Å². The van der Waals surface area contributed by atoms with E-state index >= 15 is 0 Å². The van der Waals surface area contributed by atoms with Crippen LogP contribution in [0.5, 0.6) is 5.75 Å². The molecule has 1 amide bonds. The van der Waals surface area contributed by atoms with E-state index in [1.54, 1.807) is 19.2 Å². The van der Waals surface area contributed by atoms with Crippen molar-refractivity contribution < 1.29 is 19.4 Å². The minimum absolute atomic E-state index is 0.103. The minimum Gasteiger partial charge on any atom is -0.497 e. The molecule has 2 heterocycles. The lowest BCUT2D eigenvalue weighted by Gasteiger charge is -2.06. The van der Waals surface area contributed by atoms with Crippen molar-refractivity contribution in [2.45, 2.75) is 13.5 Å². The van der Waals surface area contributed by atoms with E-state index in [1.165, 1.54) is 18.3 Å². The molecule has 3 aromatic rings. The SMILES string of the molecule is COc1ccc(CNc2sc3ccc(NC(C)=O)nc3c2C(=O)O)cc1. The van der Waals surface area contributed by atoms with Crippen LogP contribution >= 0.6 is 11.3 Å². The molecule has 3 N–H and O–H groups in total. The van der Waals surface area contributed by atoms with Gasteiger partial charge in [0.25, 0.3) is 0 Å². The number of aromatic nitrogens is 1. The number of aromatic carboxylic acids is 1. The Hall–Kier alpha value is -3.13. The van der Waals surface area contributed by atoms with Gasteiger partial charge < -0.3 is 20.5 Å². The number of fused-ring (bicyclic) bond motifs is 1. The van der Waals surface area contributed by atoms with Crippen LogP contribution < -0.4 is 15.4 Å². The average molecular weight is 371 g/mol. The predicted molar refractivity (Wildman–Crippen MR) is 101 cm³/mol. The molecular weight excluding hydrogens is 354 g/mol. The van der Waals surface area contributed by atoms with Crippen molar-refractivity contribution in [3.63, 3.8) is 0 Å². The number of carbonyl (C=O) groups is 2. The first kappa shape index (κ1) is 17.7. The molecule has 26 heavy (non-hydrogen) atoms. The number of benzene rings is 1. The number of amides is 1. The molecule has 134 valence electrons. The summed E-state index contributed by atoms with van der Waals surface area (Å²) in [6, 6.07) is 10.9. The maximum atomic E-state index is 11.7. The van der Waals surface area contributed by atoms with E-state index in [-0.39, 0.29) is 11.5 Å². The minimum atomic E-state index is -1.07. The number of methoxy groups -OCH3 is 1. The molecule has 0 radical (unpaired) electrons. The standard InChI is InChI=1S/C18H17N3O4S/c1-10(22)20-14-8-7-13-16(21-14)15(18(23)24)17(26-13)19-9-11-3-5-12(25-2)6-4-11/h3-8,19H,9H2,1-2H3,(H,23,24)(H,20,21,22). The fraction of sp³-hybridized carbons (Fsp3) is 0.167. The lowest BCUT2D eigenvalue weighted by molar-refractivity contribution is -0.114. The van der Waals surface area contributed by atoms with Crippen molar-refractivity contribution in [1.82, 2.24) is 4.98 Å². The summed E-state index contributed by atoms with van der Waals surface area (Å²) in [5.74, 6) is -0.244. The zero-order chi connectivity index (χ0) is 18.7. The number of pyridine rings is 1. The van der Waals surface area contributed by atoms with Gasteiger partial charge in [0.1, 0.15) is 27.6 Å². The third-order valence-corrected chi connectivity index (χ3v) is 4.77. The van der Waals surface area contributed by atoms with E-state index in [0.717, 1.165) is 16.0 Å². The number of carboxylic acid groups (broad SMARTS) is 1. The number of thiophene rings is 1. The van der Waals surface area contributed by atoms with Crippen LogP contribution in [0.1, 0.15) is 22.8 Å². The van der Waals surface area contributed by atoms with E-state index in [1.807, 2.05) is 24.3 Å². The Labute approximate surface area is 153 Å². The maximum absolute atomic E-state index is 11.7. The summed E-state index contributed by atoms with van der Waals surface area (Å²) in [6.07, 6.45) is 0. The Balaban J connectivity index is 1.90. The third-order valence-electron chi connectivity index (χ3n) is 3.66. The molecule has 7 nitrogen and oxygen atoms in total. The van der Waals surface area contributed by atoms with Crippen LogP contribution in [-0.2, 0) is 11.3 Å². The van der Waals surface area contributed by atoms with Gasteiger partial charge in [-0.25, -0.2) is 9.78 Å². The first-order chi connectivity index (χ1) is 12.5. The van der Waals surface area contributed by atoms with Crippen LogP contribution in [-0.4, -0.2) is 29.1 Å². The number of carbonyl (C=O) groups excluding carboxylic acids is 1. The summed E-state index contributed by atoms with van der Waals surface area (Å²) >= 11 is 1.31. The van der Waals surface area contributed by atoms with Crippen molar-refractivity contribution in [1.29, 1.82) is 0 Å². The second-order valence-electron chi connectivity index (χ2n) is 5.54. The fourth-order valence-electron chi connectivity index (χ4n) is 2.47. The van der Waals surface area contributed by atoms with Crippen LogP contribution in [0, 0.1) is 0 Å². The largest absolute Gasteiger partial charge is 0.497 e. The first-order valence-corrected chi connectivity index (χ1v) is 8.61. The Morgan fingerprint density at radius 1 is 1.19 bits per heavy atom. The highest BCUT2D eigenvalue weighted by Gasteiger charge is 2.20. The quantitative estimate of drug-likeness (QED) is 0.612. The molecule has 0 aliphatic heterocycles. The topological polar surface area (TPSA) is 101 Å². The van der Waals surface area contributed by atoms with Crippen molar-refractivity contribution in [2.24, 2.45) is 0 Å². The Kier molecular flexibility index (Phi) is 5.04. The molecular formula is C18H17N3O4S. The molecule has 2 aromatic heterocycles. The van der Waals surface area contributed by atoms with Gasteiger partial charge in [-0.2, -0.15) is 0 Å². The first-order valence-electron chi connectivity index (χ1n) is 7.79. The number of hydrogen-bond acceptors (Lipinski definition) is 6. The second kappa shape index (κ2) is 7.40. The molecule has 0 spiro atoms. The number of anilines is 2. The summed E-state index contributed by atoms with van der Waals surface area (Å²) in [5.41, 5.74) is 1.45. The average Bonchev–Trinajstić information content (AvgIpc) is 2.97. The molecule has 0 fully saturated rings. The number of nitrogens with one attached hydrogen (secondary N) is 2. The van der Waals surface area contributed by atoms with Gasteiger partial charge in [-0.1, -0.05) is 12.1 Å². The summed E-state index contributed by atoms with van der Waals surface area (Å²) in [6.45, 7) is 1.84. The summed E-state index contributed by atoms with van der Waals surface area (Å²) in [4.78, 5) is 27.2. The Morgan fingerprint density at radius 2 is 1.92 bits per heavy atom. The predicted octanol–water partition coefficient (Wildman–Crippen LogP) is 3.57. The summed E-state index contributed by atoms with van der Waals surface area (Å²) < 4.78 is 5.86. The Morgan fingerprint density at radius 3 is 2.54 bits per heavy atom. The molecule has 1 aromatic carbocycles. The highest BCUT2D eigenvalue weighted by atomic mass is 32.1. The lowest BCUT2D eigenvalue weighted by Crippen LogP contribution is -2.08. The number of hydrogen-bond donors (Lipinski definition) is 3. The van der Waals surface area contributed by atoms with Gasteiger partial charge in [-0.05, 0) is 29.8 Å². The van der Waals surface area contributed by atoms with Gasteiger partial charge in [0, 0.05) is 13.5 Å². The van der Waals surface area contributed by atoms with E-state index in [2.05, 4.69) is 15.6 Å². The van der Waals surface area contributed by atoms with E-state index in [0.29, 0.717) is 22.9 Å². The molecule has 3 rings (SSSR count). The van der Waals surface area contributed by atoms with Crippen LogP contribution in [0.4, 0.5) is 10.8 Å². The van der Waals surface area contributed by atoms with Gasteiger partial charge in [-0.3, -0.25) is 4.79 Å². The summed E-state index contributed by atoms with van der Waals surface area (Å²) in [5, 5.41) is 15.9. The molecule has 0 atom stereocenters. The van der Waals surface area contributed by atoms with Gasteiger partial charge in [-0.15, -0.1) is 11.3 Å². The smallest absolute Gasteiger partial charge is 0.340 e. The van der Waals surface area contributed by atoms with E-state index < -0.39 is 5.97 Å². The van der Waals surface area contributed by atoms with E-state index in [4.69, 9.17) is 4.74 Å². The van der Waals surface area contributed by atoms with Crippen molar-refractivity contribution in [2.75, 3.05) is 17.7 Å². The second-order valence-corrected chi connectivity index (χ2v) is 6.59. The van der Waals surface area contributed by atoms with Crippen molar-refractivity contribution in [3.8, 4) is 5.75 Å². The molecule has 0 saturated heterocycles. The number of rotatable bonds is 6. The zero-order valence-electron chi connectivity index (χ0n) is 14.2. The van der Waals surface area contributed by atoms with Crippen LogP contribution in [0.15, 0.2) is 36.4 Å². The molecule has 0 bridgehead atoms. The van der Waals surface area contributed by atoms with Crippen molar-refractivity contribution in [3.05, 3.63) is 47.5 Å². The highest BCUT2D eigenvalue weighted by Crippen LogP contribution is 2.35.